The largest absolute Gasteiger partial charge is 0.479 e. The number of rotatable bonds is 5. The number of Topliss-reactive ketones (excluding diaryl/α,β-unsaturated/α-hetero) is 1. The van der Waals surface area contributed by atoms with Crippen LogP contribution in [0, 0.1) is 5.92 Å². The molecule has 1 aromatic rings. The quantitative estimate of drug-likeness (QED) is 0.768. The van der Waals surface area contributed by atoms with Crippen LogP contribution in [0.2, 0.25) is 0 Å². The molecule has 1 saturated heterocycles. The Balaban J connectivity index is 1.59. The highest BCUT2D eigenvalue weighted by Crippen LogP contribution is 2.32. The standard InChI is InChI=1S/C20H27N3O4/c1-12(21)3-6-18(24)23-9-7-14(8-10-23)19(25)15-4-5-17-16(11-15)22-20(26)13(2)27-17/h4-5,11-14H,3,6-10,21H2,1-2H3,(H,22,26). The van der Waals surface area contributed by atoms with Gasteiger partial charge in [-0.3, -0.25) is 14.4 Å². The van der Waals surface area contributed by atoms with Gasteiger partial charge in [0.25, 0.3) is 5.91 Å². The SMILES string of the molecule is CC(N)CCC(=O)N1CCC(C(=O)c2ccc3c(c2)NC(=O)C(C)O3)CC1. The van der Waals surface area contributed by atoms with Crippen LogP contribution in [0.15, 0.2) is 18.2 Å². The first kappa shape index (κ1) is 19.4. The number of hydrogen-bond donors (Lipinski definition) is 2. The predicted octanol–water partition coefficient (Wildman–Crippen LogP) is 1.95. The number of carbonyl (C=O) groups is 3. The van der Waals surface area contributed by atoms with E-state index in [1.165, 1.54) is 0 Å². The number of nitrogens with zero attached hydrogens (tertiary/aromatic N) is 1. The highest BCUT2D eigenvalue weighted by molar-refractivity contribution is 6.02. The molecule has 7 heteroatoms. The molecule has 2 aliphatic rings. The Morgan fingerprint density at radius 3 is 2.70 bits per heavy atom. The van der Waals surface area contributed by atoms with Crippen molar-refractivity contribution in [3.63, 3.8) is 0 Å². The number of hydrogen-bond acceptors (Lipinski definition) is 5. The summed E-state index contributed by atoms with van der Waals surface area (Å²) in [6.45, 7) is 4.76. The average Bonchev–Trinajstić information content (AvgIpc) is 2.66. The summed E-state index contributed by atoms with van der Waals surface area (Å²) in [5, 5.41) is 2.77. The molecule has 0 spiro atoms. The first-order valence-electron chi connectivity index (χ1n) is 9.54. The number of anilines is 1. The summed E-state index contributed by atoms with van der Waals surface area (Å²) < 4.78 is 5.53. The number of nitrogens with one attached hydrogen (secondary N) is 1. The number of carbonyl (C=O) groups excluding carboxylic acids is 3. The van der Waals surface area contributed by atoms with Gasteiger partial charge in [0.15, 0.2) is 11.9 Å². The Labute approximate surface area is 159 Å². The van der Waals surface area contributed by atoms with Gasteiger partial charge in [0.2, 0.25) is 5.91 Å². The van der Waals surface area contributed by atoms with Crippen molar-refractivity contribution in [2.24, 2.45) is 11.7 Å². The van der Waals surface area contributed by atoms with Gasteiger partial charge in [0, 0.05) is 37.0 Å². The molecule has 0 saturated carbocycles. The first-order valence-corrected chi connectivity index (χ1v) is 9.54. The zero-order valence-corrected chi connectivity index (χ0v) is 15.9. The number of likely N-dealkylation sites (tertiary alicyclic amines) is 1. The summed E-state index contributed by atoms with van der Waals surface area (Å²) in [6, 6.07) is 5.17. The van der Waals surface area contributed by atoms with Crippen LogP contribution in [0.1, 0.15) is 49.9 Å². The third kappa shape index (κ3) is 4.47. The van der Waals surface area contributed by atoms with Crippen LogP contribution in [0.3, 0.4) is 0 Å². The second-order valence-corrected chi connectivity index (χ2v) is 7.50. The van der Waals surface area contributed by atoms with Crippen LogP contribution < -0.4 is 15.8 Å². The van der Waals surface area contributed by atoms with Gasteiger partial charge in [-0.1, -0.05) is 0 Å². The van der Waals surface area contributed by atoms with Crippen LogP contribution in [0.5, 0.6) is 5.75 Å². The van der Waals surface area contributed by atoms with Crippen molar-refractivity contribution in [2.75, 3.05) is 18.4 Å². The van der Waals surface area contributed by atoms with E-state index in [0.717, 1.165) is 0 Å². The topological polar surface area (TPSA) is 102 Å². The van der Waals surface area contributed by atoms with Gasteiger partial charge >= 0.3 is 0 Å². The summed E-state index contributed by atoms with van der Waals surface area (Å²) in [5.74, 6) is 0.410. The number of ether oxygens (including phenoxy) is 1. The molecule has 0 aromatic heterocycles. The first-order chi connectivity index (χ1) is 12.8. The Hall–Kier alpha value is -2.41. The van der Waals surface area contributed by atoms with E-state index in [4.69, 9.17) is 10.5 Å². The highest BCUT2D eigenvalue weighted by atomic mass is 16.5. The monoisotopic (exact) mass is 373 g/mol. The lowest BCUT2D eigenvalue weighted by molar-refractivity contribution is -0.132. The Kier molecular flexibility index (Phi) is 5.79. The number of benzene rings is 1. The molecule has 0 radical (unpaired) electrons. The van der Waals surface area contributed by atoms with E-state index in [1.807, 2.05) is 11.8 Å². The minimum Gasteiger partial charge on any atom is -0.479 e. The molecule has 2 unspecified atom stereocenters. The third-order valence-electron chi connectivity index (χ3n) is 5.23. The molecule has 3 rings (SSSR count). The number of amides is 2. The van der Waals surface area contributed by atoms with Gasteiger partial charge in [0.05, 0.1) is 5.69 Å². The molecular formula is C20H27N3O4. The van der Waals surface area contributed by atoms with Crippen molar-refractivity contribution in [1.82, 2.24) is 4.90 Å². The molecule has 7 nitrogen and oxygen atoms in total. The zero-order valence-electron chi connectivity index (χ0n) is 15.9. The molecule has 0 bridgehead atoms. The Morgan fingerprint density at radius 1 is 1.33 bits per heavy atom. The fraction of sp³-hybridized carbons (Fsp3) is 0.550. The second-order valence-electron chi connectivity index (χ2n) is 7.50. The van der Waals surface area contributed by atoms with Crippen molar-refractivity contribution in [2.45, 2.75) is 51.7 Å². The predicted molar refractivity (Wildman–Crippen MR) is 102 cm³/mol. The Bertz CT molecular complexity index is 739. The summed E-state index contributed by atoms with van der Waals surface area (Å²) in [6.07, 6.45) is 1.90. The molecule has 0 aliphatic carbocycles. The molecule has 27 heavy (non-hydrogen) atoms. The maximum absolute atomic E-state index is 12.8. The molecule has 2 aliphatic heterocycles. The summed E-state index contributed by atoms with van der Waals surface area (Å²) >= 11 is 0. The minimum atomic E-state index is -0.539. The second kappa shape index (κ2) is 8.08. The van der Waals surface area contributed by atoms with Crippen molar-refractivity contribution in [1.29, 1.82) is 0 Å². The van der Waals surface area contributed by atoms with E-state index < -0.39 is 6.10 Å². The van der Waals surface area contributed by atoms with Crippen molar-refractivity contribution >= 4 is 23.3 Å². The van der Waals surface area contributed by atoms with Gasteiger partial charge in [0.1, 0.15) is 5.75 Å². The van der Waals surface area contributed by atoms with E-state index in [0.29, 0.717) is 55.8 Å². The summed E-state index contributed by atoms with van der Waals surface area (Å²) in [5.41, 5.74) is 6.81. The molecule has 2 heterocycles. The molecule has 1 aromatic carbocycles. The van der Waals surface area contributed by atoms with Crippen LogP contribution in [-0.4, -0.2) is 47.7 Å². The van der Waals surface area contributed by atoms with E-state index in [9.17, 15) is 14.4 Å². The van der Waals surface area contributed by atoms with Crippen molar-refractivity contribution in [3.05, 3.63) is 23.8 Å². The van der Waals surface area contributed by atoms with Crippen LogP contribution in [0.4, 0.5) is 5.69 Å². The van der Waals surface area contributed by atoms with Gasteiger partial charge in [-0.05, 0) is 51.3 Å². The third-order valence-corrected chi connectivity index (χ3v) is 5.23. The van der Waals surface area contributed by atoms with Crippen LogP contribution in [-0.2, 0) is 9.59 Å². The van der Waals surface area contributed by atoms with Crippen LogP contribution in [0.25, 0.3) is 0 Å². The molecule has 146 valence electrons. The van der Waals surface area contributed by atoms with E-state index in [1.54, 1.807) is 25.1 Å². The maximum Gasteiger partial charge on any atom is 0.265 e. The van der Waals surface area contributed by atoms with Crippen molar-refractivity contribution in [3.8, 4) is 5.75 Å². The fourth-order valence-electron chi connectivity index (χ4n) is 3.50. The van der Waals surface area contributed by atoms with E-state index >= 15 is 0 Å². The normalized spacial score (nSPS) is 21.1. The number of nitrogens with two attached hydrogens (primary N) is 1. The minimum absolute atomic E-state index is 0.0181. The van der Waals surface area contributed by atoms with Gasteiger partial charge in [-0.25, -0.2) is 0 Å². The fourth-order valence-corrected chi connectivity index (χ4v) is 3.50. The van der Waals surface area contributed by atoms with E-state index in [-0.39, 0.29) is 29.6 Å². The summed E-state index contributed by atoms with van der Waals surface area (Å²) in [4.78, 5) is 38.6. The summed E-state index contributed by atoms with van der Waals surface area (Å²) in [7, 11) is 0. The lowest BCUT2D eigenvalue weighted by Gasteiger charge is -2.32. The lowest BCUT2D eigenvalue weighted by atomic mass is 9.88. The molecule has 3 N–H and O–H groups in total. The molecular weight excluding hydrogens is 346 g/mol. The average molecular weight is 373 g/mol. The maximum atomic E-state index is 12.8. The number of piperidine rings is 1. The van der Waals surface area contributed by atoms with Crippen LogP contribution >= 0.6 is 0 Å². The van der Waals surface area contributed by atoms with Crippen molar-refractivity contribution < 1.29 is 19.1 Å². The molecule has 2 atom stereocenters. The zero-order chi connectivity index (χ0) is 19.6. The smallest absolute Gasteiger partial charge is 0.265 e. The lowest BCUT2D eigenvalue weighted by Crippen LogP contribution is -2.40. The van der Waals surface area contributed by atoms with Gasteiger partial charge in [-0.2, -0.15) is 0 Å². The highest BCUT2D eigenvalue weighted by Gasteiger charge is 2.29. The van der Waals surface area contributed by atoms with E-state index in [2.05, 4.69) is 5.32 Å². The molecule has 1 fully saturated rings. The molecule has 2 amide bonds. The Morgan fingerprint density at radius 2 is 2.04 bits per heavy atom. The van der Waals surface area contributed by atoms with Gasteiger partial charge < -0.3 is 20.7 Å². The number of fused-ring (bicyclic) bond motifs is 1. The number of ketones is 1. The van der Waals surface area contributed by atoms with Gasteiger partial charge in [-0.15, -0.1) is 0 Å².